The molecule has 0 atom stereocenters. The van der Waals surface area contributed by atoms with Gasteiger partial charge < -0.3 is 21.3 Å². The lowest BCUT2D eigenvalue weighted by molar-refractivity contribution is 0.556. The summed E-state index contributed by atoms with van der Waals surface area (Å²) in [5.74, 6) is 0. The van der Waals surface area contributed by atoms with Gasteiger partial charge in [-0.15, -0.1) is 0 Å². The van der Waals surface area contributed by atoms with Crippen LogP contribution in [-0.4, -0.2) is 39.3 Å². The molecule has 0 fully saturated rings. The molecule has 4 nitrogen and oxygen atoms in total. The molecule has 2 bridgehead atoms. The SMILES string of the molecule is c1ccc2c3c4ccccc4c(c2c1)CNCCCNCCNCCCNC3. The molecule has 0 unspecified atom stereocenters. The van der Waals surface area contributed by atoms with Gasteiger partial charge in [-0.3, -0.25) is 0 Å². The van der Waals surface area contributed by atoms with E-state index in [0.717, 1.165) is 65.2 Å². The Labute approximate surface area is 168 Å². The van der Waals surface area contributed by atoms with E-state index in [1.54, 1.807) is 0 Å². The first kappa shape index (κ1) is 19.3. The van der Waals surface area contributed by atoms with Crippen molar-refractivity contribution in [3.63, 3.8) is 0 Å². The van der Waals surface area contributed by atoms with E-state index in [0.29, 0.717) is 0 Å². The molecule has 1 aliphatic rings. The fourth-order valence-corrected chi connectivity index (χ4v) is 4.22. The van der Waals surface area contributed by atoms with E-state index in [1.165, 1.54) is 32.7 Å². The predicted molar refractivity (Wildman–Crippen MR) is 120 cm³/mol. The Morgan fingerprint density at radius 3 is 1.18 bits per heavy atom. The summed E-state index contributed by atoms with van der Waals surface area (Å²) in [5, 5.41) is 19.9. The van der Waals surface area contributed by atoms with Crippen molar-refractivity contribution in [2.45, 2.75) is 25.9 Å². The molecule has 0 radical (unpaired) electrons. The summed E-state index contributed by atoms with van der Waals surface area (Å²) in [6.45, 7) is 8.12. The summed E-state index contributed by atoms with van der Waals surface area (Å²) in [7, 11) is 0. The van der Waals surface area contributed by atoms with Crippen LogP contribution in [0.15, 0.2) is 48.5 Å². The van der Waals surface area contributed by atoms with Gasteiger partial charge in [-0.25, -0.2) is 0 Å². The maximum atomic E-state index is 3.68. The lowest BCUT2D eigenvalue weighted by Crippen LogP contribution is -2.31. The lowest BCUT2D eigenvalue weighted by Gasteiger charge is -2.18. The average molecular weight is 377 g/mol. The van der Waals surface area contributed by atoms with Crippen molar-refractivity contribution in [2.24, 2.45) is 0 Å². The molecule has 3 aromatic carbocycles. The molecule has 28 heavy (non-hydrogen) atoms. The molecular formula is C24H32N4. The Kier molecular flexibility index (Phi) is 6.90. The first-order chi connectivity index (χ1) is 13.9. The second-order valence-corrected chi connectivity index (χ2v) is 7.61. The van der Waals surface area contributed by atoms with Gasteiger partial charge in [-0.1, -0.05) is 48.5 Å². The zero-order valence-corrected chi connectivity index (χ0v) is 16.7. The summed E-state index contributed by atoms with van der Waals surface area (Å²) in [6, 6.07) is 17.8. The highest BCUT2D eigenvalue weighted by atomic mass is 14.9. The van der Waals surface area contributed by atoms with Crippen molar-refractivity contribution in [1.29, 1.82) is 0 Å². The van der Waals surface area contributed by atoms with Crippen molar-refractivity contribution >= 4 is 21.5 Å². The predicted octanol–water partition coefficient (Wildman–Crippen LogP) is 3.15. The molecule has 0 spiro atoms. The van der Waals surface area contributed by atoms with Gasteiger partial charge in [0, 0.05) is 26.2 Å². The number of benzene rings is 3. The highest BCUT2D eigenvalue weighted by Crippen LogP contribution is 2.33. The van der Waals surface area contributed by atoms with Crippen LogP contribution in [0, 0.1) is 0 Å². The third kappa shape index (κ3) is 4.53. The van der Waals surface area contributed by atoms with Gasteiger partial charge in [0.25, 0.3) is 0 Å². The quantitative estimate of drug-likeness (QED) is 0.455. The Morgan fingerprint density at radius 2 is 0.786 bits per heavy atom. The second-order valence-electron chi connectivity index (χ2n) is 7.61. The third-order valence-corrected chi connectivity index (χ3v) is 5.65. The molecule has 1 heterocycles. The Balaban J connectivity index is 1.70. The van der Waals surface area contributed by atoms with Crippen LogP contribution in [0.5, 0.6) is 0 Å². The first-order valence-electron chi connectivity index (χ1n) is 10.7. The highest BCUT2D eigenvalue weighted by Gasteiger charge is 2.13. The summed E-state index contributed by atoms with van der Waals surface area (Å²) < 4.78 is 0. The zero-order valence-electron chi connectivity index (χ0n) is 16.7. The van der Waals surface area contributed by atoms with Crippen molar-refractivity contribution in [3.05, 3.63) is 59.7 Å². The molecule has 3 aromatic rings. The van der Waals surface area contributed by atoms with Crippen LogP contribution in [0.3, 0.4) is 0 Å². The molecule has 4 rings (SSSR count). The lowest BCUT2D eigenvalue weighted by atomic mass is 9.91. The van der Waals surface area contributed by atoms with Crippen molar-refractivity contribution in [3.8, 4) is 0 Å². The van der Waals surface area contributed by atoms with E-state index in [1.807, 2.05) is 0 Å². The molecule has 0 aliphatic carbocycles. The Morgan fingerprint density at radius 1 is 0.429 bits per heavy atom. The Hall–Kier alpha value is -1.98. The number of hydrogen-bond acceptors (Lipinski definition) is 4. The van der Waals surface area contributed by atoms with Crippen LogP contribution < -0.4 is 21.3 Å². The smallest absolute Gasteiger partial charge is 0.0217 e. The molecular weight excluding hydrogens is 344 g/mol. The van der Waals surface area contributed by atoms with Crippen molar-refractivity contribution < 1.29 is 0 Å². The Bertz CT molecular complexity index is 775. The van der Waals surface area contributed by atoms with Crippen LogP contribution in [0.2, 0.25) is 0 Å². The fraction of sp³-hybridized carbons (Fsp3) is 0.417. The van der Waals surface area contributed by atoms with Crippen LogP contribution >= 0.6 is 0 Å². The maximum Gasteiger partial charge on any atom is 0.0217 e. The van der Waals surface area contributed by atoms with Crippen molar-refractivity contribution in [1.82, 2.24) is 21.3 Å². The second kappa shape index (κ2) is 9.99. The van der Waals surface area contributed by atoms with Gasteiger partial charge in [0.15, 0.2) is 0 Å². The van der Waals surface area contributed by atoms with Gasteiger partial charge in [0.05, 0.1) is 0 Å². The van der Waals surface area contributed by atoms with E-state index in [2.05, 4.69) is 69.8 Å². The minimum atomic E-state index is 0.913. The van der Waals surface area contributed by atoms with Gasteiger partial charge >= 0.3 is 0 Å². The topological polar surface area (TPSA) is 48.1 Å². The van der Waals surface area contributed by atoms with Crippen LogP contribution in [0.4, 0.5) is 0 Å². The fourth-order valence-electron chi connectivity index (χ4n) is 4.22. The van der Waals surface area contributed by atoms with E-state index in [4.69, 9.17) is 0 Å². The van der Waals surface area contributed by atoms with E-state index in [-0.39, 0.29) is 0 Å². The molecule has 148 valence electrons. The summed E-state index contributed by atoms with van der Waals surface area (Å²) >= 11 is 0. The minimum absolute atomic E-state index is 0.913. The summed E-state index contributed by atoms with van der Waals surface area (Å²) in [6.07, 6.45) is 2.30. The van der Waals surface area contributed by atoms with Gasteiger partial charge in [-0.05, 0) is 71.7 Å². The van der Waals surface area contributed by atoms with Gasteiger partial charge in [0.1, 0.15) is 0 Å². The third-order valence-electron chi connectivity index (χ3n) is 5.65. The zero-order chi connectivity index (χ0) is 19.0. The van der Waals surface area contributed by atoms with Crippen LogP contribution in [0.25, 0.3) is 21.5 Å². The average Bonchev–Trinajstić information content (AvgIpc) is 2.74. The molecule has 0 amide bonds. The molecule has 0 saturated heterocycles. The van der Waals surface area contributed by atoms with Gasteiger partial charge in [0.2, 0.25) is 0 Å². The number of hydrogen-bond donors (Lipinski definition) is 4. The van der Waals surface area contributed by atoms with E-state index >= 15 is 0 Å². The monoisotopic (exact) mass is 376 g/mol. The highest BCUT2D eigenvalue weighted by molar-refractivity contribution is 6.05. The number of fused-ring (bicyclic) bond motifs is 3. The van der Waals surface area contributed by atoms with Crippen LogP contribution in [-0.2, 0) is 13.1 Å². The summed E-state index contributed by atoms with van der Waals surface area (Å²) in [5.41, 5.74) is 2.85. The molecule has 4 N–H and O–H groups in total. The number of nitrogens with one attached hydrogen (secondary N) is 4. The molecule has 0 aromatic heterocycles. The minimum Gasteiger partial charge on any atom is -0.315 e. The van der Waals surface area contributed by atoms with Crippen LogP contribution in [0.1, 0.15) is 24.0 Å². The maximum absolute atomic E-state index is 3.68. The summed E-state index contributed by atoms with van der Waals surface area (Å²) in [4.78, 5) is 0. The van der Waals surface area contributed by atoms with E-state index < -0.39 is 0 Å². The van der Waals surface area contributed by atoms with Crippen molar-refractivity contribution in [2.75, 3.05) is 39.3 Å². The van der Waals surface area contributed by atoms with Gasteiger partial charge in [-0.2, -0.15) is 0 Å². The standard InChI is InChI=1S/C24H32N4/c1-2-8-20-19(7-1)23-17-27-13-5-11-25-15-16-26-12-6-14-28-18-24(20)22-10-4-3-9-21(22)23/h1-4,7-10,25-28H,5-6,11-18H2. The van der Waals surface area contributed by atoms with E-state index in [9.17, 15) is 0 Å². The molecule has 1 aliphatic heterocycles. The normalized spacial score (nSPS) is 18.1. The molecule has 0 saturated carbocycles. The largest absolute Gasteiger partial charge is 0.315 e. The first-order valence-corrected chi connectivity index (χ1v) is 10.7. The molecule has 4 heteroatoms. The number of rotatable bonds is 0.